The third kappa shape index (κ3) is 1.73. The Morgan fingerprint density at radius 1 is 1.46 bits per heavy atom. The number of aromatic nitrogens is 1. The fraction of sp³-hybridized carbons (Fsp3) is 0.545. The topological polar surface area (TPSA) is 24.9 Å². The van der Waals surface area contributed by atoms with E-state index in [9.17, 15) is 0 Å². The van der Waals surface area contributed by atoms with E-state index >= 15 is 0 Å². The lowest BCUT2D eigenvalue weighted by Gasteiger charge is -2.13. The average Bonchev–Trinajstić information content (AvgIpc) is 2.56. The Bertz CT molecular complexity index is 301. The summed E-state index contributed by atoms with van der Waals surface area (Å²) in [5.41, 5.74) is 3.86. The normalized spacial score (nSPS) is 22.2. The molecular weight excluding hydrogens is 160 g/mol. The maximum absolute atomic E-state index is 4.34. The molecule has 1 fully saturated rings. The number of aryl methyl sites for hydroxylation is 2. The SMILES string of the molecule is Cc1cc(C)c(C2CCCN2)cn1. The molecule has 1 saturated heterocycles. The second kappa shape index (κ2) is 3.46. The summed E-state index contributed by atoms with van der Waals surface area (Å²) in [5.74, 6) is 0. The van der Waals surface area contributed by atoms with Crippen LogP contribution in [0.2, 0.25) is 0 Å². The lowest BCUT2D eigenvalue weighted by Crippen LogP contribution is -2.14. The summed E-state index contributed by atoms with van der Waals surface area (Å²) in [6, 6.07) is 2.71. The minimum atomic E-state index is 0.549. The quantitative estimate of drug-likeness (QED) is 0.709. The molecule has 1 aromatic rings. The maximum Gasteiger partial charge on any atom is 0.0375 e. The van der Waals surface area contributed by atoms with Gasteiger partial charge in [-0.3, -0.25) is 4.98 Å². The first-order valence-electron chi connectivity index (χ1n) is 4.94. The summed E-state index contributed by atoms with van der Waals surface area (Å²) in [4.78, 5) is 4.34. The van der Waals surface area contributed by atoms with Crippen molar-refractivity contribution in [1.82, 2.24) is 10.3 Å². The zero-order valence-corrected chi connectivity index (χ0v) is 8.30. The molecule has 70 valence electrons. The predicted octanol–water partition coefficient (Wildman–Crippen LogP) is 2.12. The summed E-state index contributed by atoms with van der Waals surface area (Å²) in [7, 11) is 0. The molecule has 1 aliphatic rings. The van der Waals surface area contributed by atoms with Crippen LogP contribution in [-0.2, 0) is 0 Å². The number of pyridine rings is 1. The van der Waals surface area contributed by atoms with Gasteiger partial charge in [0, 0.05) is 17.9 Å². The van der Waals surface area contributed by atoms with E-state index in [-0.39, 0.29) is 0 Å². The molecule has 1 aromatic heterocycles. The third-order valence-electron chi connectivity index (χ3n) is 2.72. The van der Waals surface area contributed by atoms with Gasteiger partial charge in [-0.25, -0.2) is 0 Å². The fourth-order valence-corrected chi connectivity index (χ4v) is 2.02. The lowest BCUT2D eigenvalue weighted by molar-refractivity contribution is 0.640. The van der Waals surface area contributed by atoms with Gasteiger partial charge in [-0.1, -0.05) is 0 Å². The van der Waals surface area contributed by atoms with Crippen LogP contribution in [0.15, 0.2) is 12.3 Å². The van der Waals surface area contributed by atoms with Gasteiger partial charge in [0.25, 0.3) is 0 Å². The Hall–Kier alpha value is -0.890. The van der Waals surface area contributed by atoms with Gasteiger partial charge in [-0.2, -0.15) is 0 Å². The molecule has 1 N–H and O–H groups in total. The van der Waals surface area contributed by atoms with E-state index < -0.39 is 0 Å². The molecule has 0 radical (unpaired) electrons. The van der Waals surface area contributed by atoms with Crippen molar-refractivity contribution in [2.24, 2.45) is 0 Å². The molecule has 0 aliphatic carbocycles. The first kappa shape index (κ1) is 8.70. The van der Waals surface area contributed by atoms with Crippen molar-refractivity contribution < 1.29 is 0 Å². The number of nitrogens with one attached hydrogen (secondary N) is 1. The van der Waals surface area contributed by atoms with Crippen molar-refractivity contribution in [2.45, 2.75) is 32.7 Å². The molecule has 0 amide bonds. The fourth-order valence-electron chi connectivity index (χ4n) is 2.02. The Morgan fingerprint density at radius 3 is 2.92 bits per heavy atom. The van der Waals surface area contributed by atoms with Crippen molar-refractivity contribution in [1.29, 1.82) is 0 Å². The number of hydrogen-bond donors (Lipinski definition) is 1. The van der Waals surface area contributed by atoms with Crippen LogP contribution in [0.25, 0.3) is 0 Å². The highest BCUT2D eigenvalue weighted by molar-refractivity contribution is 5.28. The minimum absolute atomic E-state index is 0.549. The van der Waals surface area contributed by atoms with Crippen molar-refractivity contribution in [3.05, 3.63) is 29.1 Å². The minimum Gasteiger partial charge on any atom is -0.310 e. The van der Waals surface area contributed by atoms with E-state index in [0.717, 1.165) is 12.2 Å². The van der Waals surface area contributed by atoms with Gasteiger partial charge in [-0.05, 0) is 50.4 Å². The first-order valence-corrected chi connectivity index (χ1v) is 4.94. The molecule has 0 spiro atoms. The summed E-state index contributed by atoms with van der Waals surface area (Å²) in [5, 5.41) is 3.49. The molecular formula is C11H16N2. The van der Waals surface area contributed by atoms with Crippen molar-refractivity contribution in [3.63, 3.8) is 0 Å². The first-order chi connectivity index (χ1) is 6.27. The number of rotatable bonds is 1. The lowest BCUT2D eigenvalue weighted by atomic mass is 10.0. The zero-order valence-electron chi connectivity index (χ0n) is 8.30. The van der Waals surface area contributed by atoms with Crippen LogP contribution in [0.4, 0.5) is 0 Å². The van der Waals surface area contributed by atoms with Crippen LogP contribution in [0.1, 0.15) is 35.7 Å². The van der Waals surface area contributed by atoms with Gasteiger partial charge in [0.15, 0.2) is 0 Å². The maximum atomic E-state index is 4.34. The highest BCUT2D eigenvalue weighted by Gasteiger charge is 2.17. The highest BCUT2D eigenvalue weighted by atomic mass is 14.9. The Labute approximate surface area is 79.4 Å². The van der Waals surface area contributed by atoms with Crippen molar-refractivity contribution in [3.8, 4) is 0 Å². The molecule has 1 unspecified atom stereocenters. The molecule has 1 atom stereocenters. The van der Waals surface area contributed by atoms with Gasteiger partial charge in [-0.15, -0.1) is 0 Å². The van der Waals surface area contributed by atoms with Gasteiger partial charge in [0.1, 0.15) is 0 Å². The third-order valence-corrected chi connectivity index (χ3v) is 2.72. The Balaban J connectivity index is 2.29. The van der Waals surface area contributed by atoms with Crippen LogP contribution in [0.3, 0.4) is 0 Å². The number of nitrogens with zero attached hydrogens (tertiary/aromatic N) is 1. The summed E-state index contributed by atoms with van der Waals surface area (Å²) in [6.07, 6.45) is 4.57. The largest absolute Gasteiger partial charge is 0.310 e. The summed E-state index contributed by atoms with van der Waals surface area (Å²) < 4.78 is 0. The van der Waals surface area contributed by atoms with Crippen LogP contribution >= 0.6 is 0 Å². The molecule has 1 aliphatic heterocycles. The van der Waals surface area contributed by atoms with Crippen molar-refractivity contribution in [2.75, 3.05) is 6.54 Å². The molecule has 2 nitrogen and oxygen atoms in total. The van der Waals surface area contributed by atoms with Crippen molar-refractivity contribution >= 4 is 0 Å². The molecule has 2 heteroatoms. The number of hydrogen-bond acceptors (Lipinski definition) is 2. The Morgan fingerprint density at radius 2 is 2.31 bits per heavy atom. The molecule has 2 heterocycles. The molecule has 0 saturated carbocycles. The molecule has 13 heavy (non-hydrogen) atoms. The van der Waals surface area contributed by atoms with Crippen LogP contribution in [-0.4, -0.2) is 11.5 Å². The summed E-state index contributed by atoms with van der Waals surface area (Å²) >= 11 is 0. The van der Waals surface area contributed by atoms with E-state index in [0.29, 0.717) is 6.04 Å². The van der Waals surface area contributed by atoms with Gasteiger partial charge in [0.05, 0.1) is 0 Å². The monoisotopic (exact) mass is 176 g/mol. The van der Waals surface area contributed by atoms with E-state index in [1.54, 1.807) is 0 Å². The smallest absolute Gasteiger partial charge is 0.0375 e. The summed E-state index contributed by atoms with van der Waals surface area (Å²) in [6.45, 7) is 5.36. The van der Waals surface area contributed by atoms with E-state index in [4.69, 9.17) is 0 Å². The van der Waals surface area contributed by atoms with E-state index in [1.807, 2.05) is 13.1 Å². The highest BCUT2D eigenvalue weighted by Crippen LogP contribution is 2.25. The molecule has 0 aromatic carbocycles. The predicted molar refractivity (Wildman–Crippen MR) is 53.7 cm³/mol. The second-order valence-corrected chi connectivity index (χ2v) is 3.83. The standard InChI is InChI=1S/C11H16N2/c1-8-6-9(2)13-7-10(8)11-4-3-5-12-11/h6-7,11-12H,3-5H2,1-2H3. The van der Waals surface area contributed by atoms with Gasteiger partial charge in [0.2, 0.25) is 0 Å². The zero-order chi connectivity index (χ0) is 9.26. The van der Waals surface area contributed by atoms with Crippen LogP contribution in [0, 0.1) is 13.8 Å². The van der Waals surface area contributed by atoms with E-state index in [1.165, 1.54) is 24.0 Å². The Kier molecular flexibility index (Phi) is 2.32. The molecule has 2 rings (SSSR count). The van der Waals surface area contributed by atoms with Gasteiger partial charge >= 0.3 is 0 Å². The van der Waals surface area contributed by atoms with Gasteiger partial charge < -0.3 is 5.32 Å². The second-order valence-electron chi connectivity index (χ2n) is 3.83. The van der Waals surface area contributed by atoms with E-state index in [2.05, 4.69) is 23.3 Å². The van der Waals surface area contributed by atoms with Crippen LogP contribution < -0.4 is 5.32 Å². The average molecular weight is 176 g/mol. The van der Waals surface area contributed by atoms with Crippen LogP contribution in [0.5, 0.6) is 0 Å². The molecule has 0 bridgehead atoms.